The molecule has 0 aromatic carbocycles. The van der Waals surface area contributed by atoms with Gasteiger partial charge in [0.05, 0.1) is 12.7 Å². The third kappa shape index (κ3) is 4.52. The second kappa shape index (κ2) is 5.31. The Hall–Kier alpha value is -0.0800. The third-order valence-electron chi connectivity index (χ3n) is 3.42. The average Bonchev–Trinajstić information content (AvgIpc) is 2.11. The van der Waals surface area contributed by atoms with E-state index < -0.39 is 0 Å². The molecule has 2 heteroatoms. The first-order valence-corrected chi connectivity index (χ1v) is 6.22. The number of likely N-dealkylation sites (N-methyl/N-ethyl adjacent to an activating group) is 1. The zero-order valence-electron chi connectivity index (χ0n) is 11.0. The minimum absolute atomic E-state index is 0.463. The molecule has 90 valence electrons. The van der Waals surface area contributed by atoms with E-state index >= 15 is 0 Å². The van der Waals surface area contributed by atoms with Crippen LogP contribution in [0.4, 0.5) is 0 Å². The predicted octanol–water partition coefficient (Wildman–Crippen LogP) is 2.83. The van der Waals surface area contributed by atoms with Crippen LogP contribution in [-0.2, 0) is 4.74 Å². The van der Waals surface area contributed by atoms with Gasteiger partial charge in [-0.3, -0.25) is 0 Å². The van der Waals surface area contributed by atoms with Gasteiger partial charge in [-0.1, -0.05) is 20.8 Å². The molecule has 15 heavy (non-hydrogen) atoms. The van der Waals surface area contributed by atoms with Crippen LogP contribution in [0.5, 0.6) is 0 Å². The lowest BCUT2D eigenvalue weighted by Gasteiger charge is -2.39. The Morgan fingerprint density at radius 3 is 2.60 bits per heavy atom. The van der Waals surface area contributed by atoms with E-state index in [0.29, 0.717) is 17.6 Å². The molecule has 0 aromatic heterocycles. The minimum atomic E-state index is 0.463. The summed E-state index contributed by atoms with van der Waals surface area (Å²) in [4.78, 5) is 0. The van der Waals surface area contributed by atoms with Crippen molar-refractivity contribution in [3.63, 3.8) is 0 Å². The van der Waals surface area contributed by atoms with Crippen molar-refractivity contribution in [1.82, 2.24) is 5.32 Å². The summed E-state index contributed by atoms with van der Waals surface area (Å²) in [5, 5.41) is 3.21. The van der Waals surface area contributed by atoms with Crippen LogP contribution in [0, 0.1) is 11.3 Å². The SMILES string of the molecule is CNC(C)COC1CC(C)CC(C)(C)C1. The lowest BCUT2D eigenvalue weighted by atomic mass is 9.71. The molecule has 1 fully saturated rings. The zero-order valence-corrected chi connectivity index (χ0v) is 11.0. The summed E-state index contributed by atoms with van der Waals surface area (Å²) >= 11 is 0. The minimum Gasteiger partial charge on any atom is -0.377 e. The van der Waals surface area contributed by atoms with Gasteiger partial charge in [-0.2, -0.15) is 0 Å². The highest BCUT2D eigenvalue weighted by molar-refractivity contribution is 4.83. The van der Waals surface area contributed by atoms with E-state index in [9.17, 15) is 0 Å². The van der Waals surface area contributed by atoms with Crippen molar-refractivity contribution in [2.75, 3.05) is 13.7 Å². The van der Waals surface area contributed by atoms with Gasteiger partial charge in [0.15, 0.2) is 0 Å². The number of ether oxygens (including phenoxy) is 1. The van der Waals surface area contributed by atoms with Crippen LogP contribution in [-0.4, -0.2) is 25.8 Å². The van der Waals surface area contributed by atoms with Gasteiger partial charge in [0, 0.05) is 6.04 Å². The third-order valence-corrected chi connectivity index (χ3v) is 3.42. The van der Waals surface area contributed by atoms with Crippen molar-refractivity contribution >= 4 is 0 Å². The van der Waals surface area contributed by atoms with Crippen LogP contribution in [0.1, 0.15) is 47.0 Å². The van der Waals surface area contributed by atoms with Crippen LogP contribution in [0.15, 0.2) is 0 Å². The summed E-state index contributed by atoms with van der Waals surface area (Å²) in [6.07, 6.45) is 4.27. The fourth-order valence-electron chi connectivity index (χ4n) is 2.75. The topological polar surface area (TPSA) is 21.3 Å². The molecule has 1 rings (SSSR count). The maximum atomic E-state index is 5.98. The van der Waals surface area contributed by atoms with Crippen LogP contribution in [0.2, 0.25) is 0 Å². The Balaban J connectivity index is 2.35. The lowest BCUT2D eigenvalue weighted by molar-refractivity contribution is -0.0285. The monoisotopic (exact) mass is 213 g/mol. The highest BCUT2D eigenvalue weighted by atomic mass is 16.5. The van der Waals surface area contributed by atoms with E-state index in [1.165, 1.54) is 19.3 Å². The summed E-state index contributed by atoms with van der Waals surface area (Å²) in [6.45, 7) is 10.1. The highest BCUT2D eigenvalue weighted by Gasteiger charge is 2.32. The van der Waals surface area contributed by atoms with Crippen molar-refractivity contribution in [3.05, 3.63) is 0 Å². The Morgan fingerprint density at radius 2 is 2.07 bits per heavy atom. The van der Waals surface area contributed by atoms with Crippen molar-refractivity contribution in [3.8, 4) is 0 Å². The molecule has 3 unspecified atom stereocenters. The van der Waals surface area contributed by atoms with Crippen LogP contribution < -0.4 is 5.32 Å². The van der Waals surface area contributed by atoms with Gasteiger partial charge >= 0.3 is 0 Å². The molecule has 0 saturated heterocycles. The molecule has 3 atom stereocenters. The molecular weight excluding hydrogens is 186 g/mol. The zero-order chi connectivity index (χ0) is 11.5. The van der Waals surface area contributed by atoms with Crippen LogP contribution in [0.25, 0.3) is 0 Å². The molecule has 1 aliphatic carbocycles. The fourth-order valence-corrected chi connectivity index (χ4v) is 2.75. The van der Waals surface area contributed by atoms with Gasteiger partial charge in [-0.15, -0.1) is 0 Å². The van der Waals surface area contributed by atoms with E-state index in [4.69, 9.17) is 4.74 Å². The van der Waals surface area contributed by atoms with Gasteiger partial charge in [0.25, 0.3) is 0 Å². The second-order valence-corrected chi connectivity index (χ2v) is 6.06. The van der Waals surface area contributed by atoms with E-state index in [1.807, 2.05) is 7.05 Å². The number of hydrogen-bond donors (Lipinski definition) is 1. The number of nitrogens with one attached hydrogen (secondary N) is 1. The second-order valence-electron chi connectivity index (χ2n) is 6.06. The highest BCUT2D eigenvalue weighted by Crippen LogP contribution is 2.39. The Morgan fingerprint density at radius 1 is 1.40 bits per heavy atom. The van der Waals surface area contributed by atoms with E-state index in [0.717, 1.165) is 12.5 Å². The van der Waals surface area contributed by atoms with Gasteiger partial charge in [0.1, 0.15) is 0 Å². The molecule has 2 nitrogen and oxygen atoms in total. The van der Waals surface area contributed by atoms with Gasteiger partial charge in [0.2, 0.25) is 0 Å². The molecule has 1 aliphatic rings. The number of hydrogen-bond acceptors (Lipinski definition) is 2. The Kier molecular flexibility index (Phi) is 4.60. The Labute approximate surface area is 94.8 Å². The Bertz CT molecular complexity index is 191. The van der Waals surface area contributed by atoms with Crippen LogP contribution >= 0.6 is 0 Å². The van der Waals surface area contributed by atoms with Crippen molar-refractivity contribution < 1.29 is 4.74 Å². The molecule has 0 bridgehead atoms. The smallest absolute Gasteiger partial charge is 0.0620 e. The molecule has 1 N–H and O–H groups in total. The fraction of sp³-hybridized carbons (Fsp3) is 1.00. The maximum absolute atomic E-state index is 5.98. The van der Waals surface area contributed by atoms with Gasteiger partial charge in [-0.25, -0.2) is 0 Å². The molecule has 0 aliphatic heterocycles. The first-order chi connectivity index (χ1) is 6.93. The van der Waals surface area contributed by atoms with Crippen molar-refractivity contribution in [2.24, 2.45) is 11.3 Å². The average molecular weight is 213 g/mol. The maximum Gasteiger partial charge on any atom is 0.0620 e. The molecule has 0 aromatic rings. The molecule has 0 radical (unpaired) electrons. The summed E-state index contributed by atoms with van der Waals surface area (Å²) in [5.74, 6) is 0.809. The molecule has 0 heterocycles. The summed E-state index contributed by atoms with van der Waals surface area (Å²) in [5.41, 5.74) is 0.464. The van der Waals surface area contributed by atoms with E-state index in [2.05, 4.69) is 33.0 Å². The summed E-state index contributed by atoms with van der Waals surface area (Å²) in [6, 6.07) is 0.463. The summed E-state index contributed by atoms with van der Waals surface area (Å²) < 4.78 is 5.98. The largest absolute Gasteiger partial charge is 0.377 e. The van der Waals surface area contributed by atoms with Gasteiger partial charge in [-0.05, 0) is 44.6 Å². The van der Waals surface area contributed by atoms with Gasteiger partial charge < -0.3 is 10.1 Å². The number of rotatable bonds is 4. The predicted molar refractivity (Wildman–Crippen MR) is 65.1 cm³/mol. The lowest BCUT2D eigenvalue weighted by Crippen LogP contribution is -2.36. The molecule has 0 spiro atoms. The quantitative estimate of drug-likeness (QED) is 0.775. The standard InChI is InChI=1S/C13H27NO/c1-10-6-12(8-13(3,4)7-10)15-9-11(2)14-5/h10-12,14H,6-9H2,1-5H3. The van der Waals surface area contributed by atoms with Crippen molar-refractivity contribution in [1.29, 1.82) is 0 Å². The molecule has 0 amide bonds. The normalized spacial score (nSPS) is 32.6. The van der Waals surface area contributed by atoms with Crippen molar-refractivity contribution in [2.45, 2.75) is 59.1 Å². The first kappa shape index (κ1) is 13.0. The summed E-state index contributed by atoms with van der Waals surface area (Å²) in [7, 11) is 1.99. The molecular formula is C13H27NO. The van der Waals surface area contributed by atoms with E-state index in [1.54, 1.807) is 0 Å². The molecule has 1 saturated carbocycles. The first-order valence-electron chi connectivity index (χ1n) is 6.22. The van der Waals surface area contributed by atoms with E-state index in [-0.39, 0.29) is 0 Å². The van der Waals surface area contributed by atoms with Crippen LogP contribution in [0.3, 0.4) is 0 Å².